The van der Waals surface area contributed by atoms with Gasteiger partial charge in [0.25, 0.3) is 0 Å². The van der Waals surface area contributed by atoms with Gasteiger partial charge in [0.2, 0.25) is 0 Å². The molecule has 1 fully saturated rings. The molecule has 0 amide bonds. The van der Waals surface area contributed by atoms with Crippen LogP contribution in [0.4, 0.5) is 0 Å². The van der Waals surface area contributed by atoms with Crippen LogP contribution in [0.3, 0.4) is 0 Å². The first-order valence-corrected chi connectivity index (χ1v) is 7.62. The van der Waals surface area contributed by atoms with E-state index in [1.807, 2.05) is 18.5 Å². The van der Waals surface area contributed by atoms with Gasteiger partial charge >= 0.3 is 0 Å². The molecule has 0 radical (unpaired) electrons. The Bertz CT molecular complexity index is 328. The van der Waals surface area contributed by atoms with Gasteiger partial charge in [0.05, 0.1) is 0 Å². The minimum Gasteiger partial charge on any atom is -0.307 e. The molecule has 0 aliphatic heterocycles. The molecular weight excluding hydrogens is 228 g/mol. The standard InChI is InChI=1S/C14H22N2S/c1-3-17-14-7-6-13(9-14)16-11(2)12-5-4-8-15-10-12/h4-5,8,10-11,13-14,16H,3,6-7,9H2,1-2H3. The number of aromatic nitrogens is 1. The molecule has 1 aliphatic carbocycles. The van der Waals surface area contributed by atoms with Crippen LogP contribution in [-0.4, -0.2) is 22.0 Å². The van der Waals surface area contributed by atoms with Gasteiger partial charge in [-0.2, -0.15) is 11.8 Å². The van der Waals surface area contributed by atoms with Crippen LogP contribution in [0.2, 0.25) is 0 Å². The number of pyridine rings is 1. The van der Waals surface area contributed by atoms with E-state index in [-0.39, 0.29) is 0 Å². The summed E-state index contributed by atoms with van der Waals surface area (Å²) in [6.45, 7) is 4.49. The highest BCUT2D eigenvalue weighted by molar-refractivity contribution is 7.99. The van der Waals surface area contributed by atoms with Gasteiger partial charge in [0.1, 0.15) is 0 Å². The molecule has 2 nitrogen and oxygen atoms in total. The lowest BCUT2D eigenvalue weighted by molar-refractivity contribution is 0.461. The second-order valence-corrected chi connectivity index (χ2v) is 6.34. The first-order chi connectivity index (χ1) is 8.29. The Labute approximate surface area is 109 Å². The number of hydrogen-bond donors (Lipinski definition) is 1. The minimum atomic E-state index is 0.416. The van der Waals surface area contributed by atoms with E-state index < -0.39 is 0 Å². The van der Waals surface area contributed by atoms with Gasteiger partial charge < -0.3 is 5.32 Å². The van der Waals surface area contributed by atoms with E-state index in [1.54, 1.807) is 0 Å². The third-order valence-electron chi connectivity index (χ3n) is 3.46. The van der Waals surface area contributed by atoms with Crippen LogP contribution in [0, 0.1) is 0 Å². The summed E-state index contributed by atoms with van der Waals surface area (Å²) < 4.78 is 0. The minimum absolute atomic E-state index is 0.416. The summed E-state index contributed by atoms with van der Waals surface area (Å²) in [7, 11) is 0. The topological polar surface area (TPSA) is 24.9 Å². The predicted octanol–water partition coefficient (Wildman–Crippen LogP) is 3.41. The quantitative estimate of drug-likeness (QED) is 0.867. The summed E-state index contributed by atoms with van der Waals surface area (Å²) in [5, 5.41) is 4.60. The highest BCUT2D eigenvalue weighted by Crippen LogP contribution is 2.30. The van der Waals surface area contributed by atoms with E-state index in [0.29, 0.717) is 12.1 Å². The van der Waals surface area contributed by atoms with Crippen molar-refractivity contribution in [2.45, 2.75) is 50.4 Å². The third kappa shape index (κ3) is 3.71. The smallest absolute Gasteiger partial charge is 0.0315 e. The second-order valence-electron chi connectivity index (χ2n) is 4.76. The van der Waals surface area contributed by atoms with Gasteiger partial charge in [-0.15, -0.1) is 0 Å². The Morgan fingerprint density at radius 3 is 3.12 bits per heavy atom. The largest absolute Gasteiger partial charge is 0.307 e. The van der Waals surface area contributed by atoms with E-state index in [1.165, 1.54) is 30.6 Å². The molecule has 1 aromatic rings. The average molecular weight is 250 g/mol. The van der Waals surface area contributed by atoms with Crippen molar-refractivity contribution in [2.75, 3.05) is 5.75 Å². The number of thioether (sulfide) groups is 1. The molecule has 3 heteroatoms. The van der Waals surface area contributed by atoms with Crippen molar-refractivity contribution in [3.63, 3.8) is 0 Å². The fourth-order valence-corrected chi connectivity index (χ4v) is 3.70. The zero-order chi connectivity index (χ0) is 12.1. The monoisotopic (exact) mass is 250 g/mol. The maximum absolute atomic E-state index is 4.18. The molecule has 1 aliphatic rings. The van der Waals surface area contributed by atoms with E-state index in [4.69, 9.17) is 0 Å². The molecule has 94 valence electrons. The van der Waals surface area contributed by atoms with E-state index >= 15 is 0 Å². The van der Waals surface area contributed by atoms with Crippen molar-refractivity contribution >= 4 is 11.8 Å². The van der Waals surface area contributed by atoms with Crippen LogP contribution >= 0.6 is 11.8 Å². The molecule has 17 heavy (non-hydrogen) atoms. The summed E-state index contributed by atoms with van der Waals surface area (Å²) in [5.41, 5.74) is 1.29. The van der Waals surface area contributed by atoms with Crippen molar-refractivity contribution in [3.05, 3.63) is 30.1 Å². The second kappa shape index (κ2) is 6.41. The van der Waals surface area contributed by atoms with Gasteiger partial charge in [-0.3, -0.25) is 4.98 Å². The Morgan fingerprint density at radius 2 is 2.41 bits per heavy atom. The lowest BCUT2D eigenvalue weighted by atomic mass is 10.1. The van der Waals surface area contributed by atoms with Crippen molar-refractivity contribution < 1.29 is 0 Å². The van der Waals surface area contributed by atoms with Crippen LogP contribution in [0.25, 0.3) is 0 Å². The molecule has 1 N–H and O–H groups in total. The first kappa shape index (κ1) is 12.9. The molecule has 1 saturated carbocycles. The maximum Gasteiger partial charge on any atom is 0.0315 e. The molecule has 3 atom stereocenters. The molecule has 0 bridgehead atoms. The van der Waals surface area contributed by atoms with Gasteiger partial charge in [0.15, 0.2) is 0 Å². The first-order valence-electron chi connectivity index (χ1n) is 6.57. The molecule has 0 aromatic carbocycles. The molecule has 0 spiro atoms. The van der Waals surface area contributed by atoms with Crippen molar-refractivity contribution in [3.8, 4) is 0 Å². The summed E-state index contributed by atoms with van der Waals surface area (Å²) in [6.07, 6.45) is 7.81. The van der Waals surface area contributed by atoms with Crippen LogP contribution in [0.5, 0.6) is 0 Å². The Balaban J connectivity index is 1.82. The average Bonchev–Trinajstić information content (AvgIpc) is 2.78. The number of nitrogens with zero attached hydrogens (tertiary/aromatic N) is 1. The van der Waals surface area contributed by atoms with Crippen LogP contribution in [-0.2, 0) is 0 Å². The predicted molar refractivity (Wildman–Crippen MR) is 75.3 cm³/mol. The van der Waals surface area contributed by atoms with Gasteiger partial charge in [0, 0.05) is 29.7 Å². The van der Waals surface area contributed by atoms with E-state index in [2.05, 4.69) is 42.0 Å². The summed E-state index contributed by atoms with van der Waals surface area (Å²) >= 11 is 2.11. The third-order valence-corrected chi connectivity index (χ3v) is 4.69. The lowest BCUT2D eigenvalue weighted by Gasteiger charge is -2.19. The number of nitrogens with one attached hydrogen (secondary N) is 1. The normalized spacial score (nSPS) is 26.0. The highest BCUT2D eigenvalue weighted by Gasteiger charge is 2.25. The number of rotatable bonds is 5. The fraction of sp³-hybridized carbons (Fsp3) is 0.643. The lowest BCUT2D eigenvalue weighted by Crippen LogP contribution is -2.29. The van der Waals surface area contributed by atoms with Crippen molar-refractivity contribution in [1.82, 2.24) is 10.3 Å². The zero-order valence-electron chi connectivity index (χ0n) is 10.7. The van der Waals surface area contributed by atoms with E-state index in [0.717, 1.165) is 5.25 Å². The summed E-state index contributed by atoms with van der Waals surface area (Å²) in [6, 6.07) is 5.27. The van der Waals surface area contributed by atoms with Gasteiger partial charge in [-0.25, -0.2) is 0 Å². The van der Waals surface area contributed by atoms with Gasteiger partial charge in [-0.05, 0) is 43.6 Å². The Kier molecular flexibility index (Phi) is 4.86. The molecule has 1 heterocycles. The SMILES string of the molecule is CCSC1CCC(NC(C)c2cccnc2)C1. The molecule has 3 unspecified atom stereocenters. The van der Waals surface area contributed by atoms with E-state index in [9.17, 15) is 0 Å². The highest BCUT2D eigenvalue weighted by atomic mass is 32.2. The number of hydrogen-bond acceptors (Lipinski definition) is 3. The molecule has 1 aromatic heterocycles. The van der Waals surface area contributed by atoms with Crippen molar-refractivity contribution in [1.29, 1.82) is 0 Å². The maximum atomic E-state index is 4.18. The molecule has 2 rings (SSSR count). The Hall–Kier alpha value is -0.540. The summed E-state index contributed by atoms with van der Waals surface area (Å²) in [4.78, 5) is 4.18. The Morgan fingerprint density at radius 1 is 1.53 bits per heavy atom. The van der Waals surface area contributed by atoms with Crippen LogP contribution in [0.1, 0.15) is 44.7 Å². The van der Waals surface area contributed by atoms with Crippen LogP contribution < -0.4 is 5.32 Å². The molecular formula is C14H22N2S. The molecule has 0 saturated heterocycles. The zero-order valence-corrected chi connectivity index (χ0v) is 11.5. The van der Waals surface area contributed by atoms with Gasteiger partial charge in [-0.1, -0.05) is 13.0 Å². The summed E-state index contributed by atoms with van der Waals surface area (Å²) in [5.74, 6) is 1.25. The van der Waals surface area contributed by atoms with Crippen LogP contribution in [0.15, 0.2) is 24.5 Å². The fourth-order valence-electron chi connectivity index (χ4n) is 2.56. The van der Waals surface area contributed by atoms with Crippen molar-refractivity contribution in [2.24, 2.45) is 0 Å².